The molecule has 0 spiro atoms. The highest BCUT2D eigenvalue weighted by Gasteiger charge is 2.27. The summed E-state index contributed by atoms with van der Waals surface area (Å²) in [6.45, 7) is 4.14. The van der Waals surface area contributed by atoms with Crippen LogP contribution in [0.3, 0.4) is 0 Å². The van der Waals surface area contributed by atoms with E-state index in [1.54, 1.807) is 7.11 Å². The number of alkyl halides is 3. The van der Waals surface area contributed by atoms with Crippen molar-refractivity contribution < 1.29 is 27.4 Å². The fraction of sp³-hybridized carbons (Fsp3) is 0.611. The van der Waals surface area contributed by atoms with Crippen LogP contribution in [0.2, 0.25) is 0 Å². The van der Waals surface area contributed by atoms with Crippen LogP contribution in [-0.2, 0) is 4.74 Å². The number of hydrogen-bond acceptors (Lipinski definition) is 4. The third kappa shape index (κ3) is 12.1. The second-order valence-electron chi connectivity index (χ2n) is 5.75. The molecule has 10 heteroatoms. The maximum atomic E-state index is 12.0. The molecule has 0 bridgehead atoms. The lowest BCUT2D eigenvalue weighted by atomic mass is 10.3. The van der Waals surface area contributed by atoms with Crippen LogP contribution in [0.5, 0.6) is 11.5 Å². The largest absolute Gasteiger partial charge is 0.493 e. The van der Waals surface area contributed by atoms with Crippen molar-refractivity contribution in [2.45, 2.75) is 32.5 Å². The van der Waals surface area contributed by atoms with Gasteiger partial charge < -0.3 is 24.8 Å². The number of halogens is 4. The van der Waals surface area contributed by atoms with Crippen LogP contribution in [0.1, 0.15) is 20.3 Å². The zero-order chi connectivity index (χ0) is 20.1. The molecule has 0 aliphatic rings. The van der Waals surface area contributed by atoms with Crippen molar-refractivity contribution in [1.82, 2.24) is 10.6 Å². The van der Waals surface area contributed by atoms with Crippen molar-refractivity contribution in [2.24, 2.45) is 4.99 Å². The van der Waals surface area contributed by atoms with E-state index in [0.29, 0.717) is 43.5 Å². The summed E-state index contributed by atoms with van der Waals surface area (Å²) in [5.74, 6) is 1.86. The molecule has 1 atom stereocenters. The van der Waals surface area contributed by atoms with Crippen molar-refractivity contribution in [3.63, 3.8) is 0 Å². The quantitative estimate of drug-likeness (QED) is 0.203. The Morgan fingerprint density at radius 2 is 1.86 bits per heavy atom. The molecule has 0 aliphatic heterocycles. The fourth-order valence-electron chi connectivity index (χ4n) is 2.10. The van der Waals surface area contributed by atoms with E-state index in [-0.39, 0.29) is 36.7 Å². The minimum Gasteiger partial charge on any atom is -0.493 e. The predicted octanol–water partition coefficient (Wildman–Crippen LogP) is 3.60. The van der Waals surface area contributed by atoms with E-state index in [1.807, 2.05) is 38.1 Å². The number of benzene rings is 1. The molecule has 1 aromatic carbocycles. The van der Waals surface area contributed by atoms with Crippen LogP contribution in [-0.4, -0.2) is 58.2 Å². The fourth-order valence-corrected chi connectivity index (χ4v) is 2.10. The summed E-state index contributed by atoms with van der Waals surface area (Å²) in [4.78, 5) is 4.43. The zero-order valence-corrected chi connectivity index (χ0v) is 18.7. The Labute approximate surface area is 181 Å². The van der Waals surface area contributed by atoms with Gasteiger partial charge in [0, 0.05) is 19.7 Å². The van der Waals surface area contributed by atoms with Crippen molar-refractivity contribution in [2.75, 3.05) is 40.0 Å². The van der Waals surface area contributed by atoms with Crippen molar-refractivity contribution in [3.8, 4) is 11.5 Å². The van der Waals surface area contributed by atoms with Crippen LogP contribution in [0, 0.1) is 0 Å². The predicted molar refractivity (Wildman–Crippen MR) is 114 cm³/mol. The maximum Gasteiger partial charge on any atom is 0.411 e. The monoisotopic (exact) mass is 519 g/mol. The highest BCUT2D eigenvalue weighted by Crippen LogP contribution is 2.26. The first-order valence-corrected chi connectivity index (χ1v) is 8.82. The molecular formula is C18H29F3IN3O3. The van der Waals surface area contributed by atoms with Gasteiger partial charge in [0.05, 0.1) is 13.7 Å². The molecule has 0 amide bonds. The Morgan fingerprint density at radius 3 is 2.46 bits per heavy atom. The average Bonchev–Trinajstić information content (AvgIpc) is 2.62. The van der Waals surface area contributed by atoms with Gasteiger partial charge in [0.2, 0.25) is 0 Å². The number of methoxy groups -OCH3 is 1. The lowest BCUT2D eigenvalue weighted by Gasteiger charge is -2.16. The van der Waals surface area contributed by atoms with Gasteiger partial charge in [0.25, 0.3) is 0 Å². The van der Waals surface area contributed by atoms with Crippen LogP contribution in [0.15, 0.2) is 29.3 Å². The third-order valence-corrected chi connectivity index (χ3v) is 3.27. The van der Waals surface area contributed by atoms with Gasteiger partial charge in [-0.25, -0.2) is 4.99 Å². The molecule has 0 aromatic heterocycles. The van der Waals surface area contributed by atoms with Gasteiger partial charge in [0.1, 0.15) is 12.7 Å². The Balaban J connectivity index is 0.00000729. The molecule has 1 rings (SSSR count). The first kappa shape index (κ1) is 26.6. The van der Waals surface area contributed by atoms with E-state index in [0.717, 1.165) is 0 Å². The molecule has 0 heterocycles. The number of para-hydroxylation sites is 2. The van der Waals surface area contributed by atoms with Gasteiger partial charge in [-0.3, -0.25) is 0 Å². The highest BCUT2D eigenvalue weighted by molar-refractivity contribution is 14.0. The Hall–Kier alpha value is -1.43. The van der Waals surface area contributed by atoms with Gasteiger partial charge in [-0.2, -0.15) is 13.2 Å². The number of nitrogens with zero attached hydrogens (tertiary/aromatic N) is 1. The van der Waals surface area contributed by atoms with Gasteiger partial charge in [-0.1, -0.05) is 12.1 Å². The van der Waals surface area contributed by atoms with Crippen LogP contribution in [0.25, 0.3) is 0 Å². The summed E-state index contributed by atoms with van der Waals surface area (Å²) in [5, 5.41) is 6.13. The molecule has 0 aliphatic carbocycles. The smallest absolute Gasteiger partial charge is 0.411 e. The molecular weight excluding hydrogens is 490 g/mol. The second-order valence-corrected chi connectivity index (χ2v) is 5.75. The number of ether oxygens (including phenoxy) is 3. The second kappa shape index (κ2) is 14.6. The van der Waals surface area contributed by atoms with Gasteiger partial charge >= 0.3 is 6.18 Å². The maximum absolute atomic E-state index is 12.0. The van der Waals surface area contributed by atoms with E-state index in [4.69, 9.17) is 9.47 Å². The molecule has 0 saturated carbocycles. The third-order valence-electron chi connectivity index (χ3n) is 3.27. The highest BCUT2D eigenvalue weighted by atomic mass is 127. The molecule has 28 heavy (non-hydrogen) atoms. The molecule has 0 radical (unpaired) electrons. The summed E-state index contributed by atoms with van der Waals surface area (Å²) in [6, 6.07) is 7.36. The molecule has 0 saturated heterocycles. The normalized spacial score (nSPS) is 12.7. The topological polar surface area (TPSA) is 64.1 Å². The number of nitrogens with one attached hydrogen (secondary N) is 2. The summed E-state index contributed by atoms with van der Waals surface area (Å²) in [7, 11) is 1.58. The average molecular weight is 519 g/mol. The summed E-state index contributed by atoms with van der Waals surface area (Å²) in [5.41, 5.74) is 0. The van der Waals surface area contributed by atoms with Gasteiger partial charge in [0.15, 0.2) is 17.5 Å². The Kier molecular flexibility index (Phi) is 13.8. The number of rotatable bonds is 11. The van der Waals surface area contributed by atoms with E-state index in [9.17, 15) is 13.2 Å². The zero-order valence-electron chi connectivity index (χ0n) is 16.3. The van der Waals surface area contributed by atoms with Gasteiger partial charge in [-0.15, -0.1) is 24.0 Å². The molecule has 1 unspecified atom stereocenters. The summed E-state index contributed by atoms with van der Waals surface area (Å²) in [6.07, 6.45) is -4.04. The molecule has 6 nitrogen and oxygen atoms in total. The Morgan fingerprint density at radius 1 is 1.18 bits per heavy atom. The SMILES string of the molecule is CCNC(=NCC(C)Oc1ccccc1OC)NCCCOCC(F)(F)F.I. The molecule has 0 fully saturated rings. The van der Waals surface area contributed by atoms with Crippen molar-refractivity contribution in [1.29, 1.82) is 0 Å². The van der Waals surface area contributed by atoms with Crippen molar-refractivity contribution in [3.05, 3.63) is 24.3 Å². The molecule has 1 aromatic rings. The Bertz CT molecular complexity index is 574. The van der Waals surface area contributed by atoms with Crippen LogP contribution in [0.4, 0.5) is 13.2 Å². The minimum absolute atomic E-state index is 0. The summed E-state index contributed by atoms with van der Waals surface area (Å²) >= 11 is 0. The minimum atomic E-state index is -4.29. The van der Waals surface area contributed by atoms with E-state index >= 15 is 0 Å². The number of guanidine groups is 1. The van der Waals surface area contributed by atoms with E-state index in [2.05, 4.69) is 20.4 Å². The van der Waals surface area contributed by atoms with Crippen LogP contribution < -0.4 is 20.1 Å². The lowest BCUT2D eigenvalue weighted by molar-refractivity contribution is -0.173. The molecule has 162 valence electrons. The molecule has 2 N–H and O–H groups in total. The van der Waals surface area contributed by atoms with Crippen LogP contribution >= 0.6 is 24.0 Å². The van der Waals surface area contributed by atoms with E-state index < -0.39 is 12.8 Å². The van der Waals surface area contributed by atoms with Crippen molar-refractivity contribution >= 4 is 29.9 Å². The standard InChI is InChI=1S/C18H28F3N3O3.HI/c1-4-22-17(23-10-7-11-26-13-18(19,20)21)24-12-14(2)27-16-9-6-5-8-15(16)25-3;/h5-6,8-9,14H,4,7,10-13H2,1-3H3,(H2,22,23,24);1H. The lowest BCUT2D eigenvalue weighted by Crippen LogP contribution is -2.38. The first-order valence-electron chi connectivity index (χ1n) is 8.82. The summed E-state index contributed by atoms with van der Waals surface area (Å²) < 4.78 is 51.6. The van der Waals surface area contributed by atoms with E-state index in [1.165, 1.54) is 0 Å². The number of aliphatic imine (C=N–C) groups is 1. The first-order chi connectivity index (χ1) is 12.9. The van der Waals surface area contributed by atoms with Gasteiger partial charge in [-0.05, 0) is 32.4 Å². The number of hydrogen-bond donors (Lipinski definition) is 2.